The molecule has 5 nitrogen and oxygen atoms in total. The predicted octanol–water partition coefficient (Wildman–Crippen LogP) is 2.82. The lowest BCUT2D eigenvalue weighted by molar-refractivity contribution is 0.885. The van der Waals surface area contributed by atoms with Crippen LogP contribution in [0.3, 0.4) is 0 Å². The lowest BCUT2D eigenvalue weighted by atomic mass is 10.2. The Bertz CT molecular complexity index is 935. The van der Waals surface area contributed by atoms with Gasteiger partial charge in [-0.3, -0.25) is 14.4 Å². The van der Waals surface area contributed by atoms with Gasteiger partial charge in [-0.25, -0.2) is 4.98 Å². The van der Waals surface area contributed by atoms with Crippen molar-refractivity contribution in [2.45, 2.75) is 5.75 Å². The van der Waals surface area contributed by atoms with Crippen molar-refractivity contribution >= 4 is 27.8 Å². The molecular weight excluding hydrogens is 320 g/mol. The van der Waals surface area contributed by atoms with Crippen LogP contribution < -0.4 is 10.9 Å². The summed E-state index contributed by atoms with van der Waals surface area (Å²) < 4.78 is 1.68. The van der Waals surface area contributed by atoms with E-state index in [0.717, 1.165) is 10.9 Å². The van der Waals surface area contributed by atoms with Gasteiger partial charge in [-0.05, 0) is 24.3 Å². The predicted molar refractivity (Wildman–Crippen MR) is 101 cm³/mol. The molecule has 1 heterocycles. The van der Waals surface area contributed by atoms with E-state index in [2.05, 4.69) is 10.3 Å². The monoisotopic (exact) mass is 338 g/mol. The van der Waals surface area contributed by atoms with Crippen LogP contribution in [0.1, 0.15) is 5.82 Å². The molecule has 1 aromatic heterocycles. The van der Waals surface area contributed by atoms with Crippen molar-refractivity contribution in [3.05, 3.63) is 70.8 Å². The summed E-state index contributed by atoms with van der Waals surface area (Å²) in [5.41, 5.74) is 1.47. The van der Waals surface area contributed by atoms with E-state index in [1.807, 2.05) is 61.6 Å². The summed E-state index contributed by atoms with van der Waals surface area (Å²) in [5.74, 6) is 1.24. The highest BCUT2D eigenvalue weighted by molar-refractivity contribution is 8.13. The van der Waals surface area contributed by atoms with Crippen molar-refractivity contribution in [3.63, 3.8) is 0 Å². The number of fused-ring (bicyclic) bond motifs is 1. The van der Waals surface area contributed by atoms with E-state index in [1.54, 1.807) is 11.6 Å². The zero-order valence-electron chi connectivity index (χ0n) is 13.6. The minimum Gasteiger partial charge on any atom is -0.368 e. The van der Waals surface area contributed by atoms with Crippen LogP contribution in [0.4, 0.5) is 0 Å². The third-order valence-corrected chi connectivity index (χ3v) is 4.68. The van der Waals surface area contributed by atoms with Crippen LogP contribution in [0, 0.1) is 0 Å². The second-order valence-corrected chi connectivity index (χ2v) is 6.05. The first-order chi connectivity index (χ1) is 11.7. The fourth-order valence-corrected chi connectivity index (χ4v) is 3.23. The Morgan fingerprint density at radius 3 is 2.58 bits per heavy atom. The van der Waals surface area contributed by atoms with E-state index in [0.29, 0.717) is 22.5 Å². The van der Waals surface area contributed by atoms with Crippen LogP contribution in [0.15, 0.2) is 64.4 Å². The molecule has 0 unspecified atom stereocenters. The maximum absolute atomic E-state index is 13.0. The number of hydrogen-bond donors (Lipinski definition) is 1. The normalized spacial score (nSPS) is 11.7. The highest BCUT2D eigenvalue weighted by Gasteiger charge is 2.13. The molecule has 0 saturated heterocycles. The number of nitrogens with zero attached hydrogens (tertiary/aromatic N) is 3. The van der Waals surface area contributed by atoms with Crippen LogP contribution in [-0.2, 0) is 5.75 Å². The summed E-state index contributed by atoms with van der Waals surface area (Å²) in [5, 5.41) is 4.45. The third-order valence-electron chi connectivity index (χ3n) is 3.61. The molecule has 0 radical (unpaired) electrons. The Balaban J connectivity index is 2.17. The molecule has 0 fully saturated rings. The average Bonchev–Trinajstić information content (AvgIpc) is 2.63. The molecule has 6 heteroatoms. The number of amidine groups is 1. The highest BCUT2D eigenvalue weighted by atomic mass is 32.2. The van der Waals surface area contributed by atoms with Gasteiger partial charge in [0.1, 0.15) is 5.82 Å². The number of para-hydroxylation sites is 2. The van der Waals surface area contributed by atoms with Crippen LogP contribution in [0.2, 0.25) is 0 Å². The van der Waals surface area contributed by atoms with E-state index in [1.165, 1.54) is 11.8 Å². The first-order valence-electron chi connectivity index (χ1n) is 7.58. The fraction of sp³-hybridized carbons (Fsp3) is 0.167. The molecule has 0 aliphatic heterocycles. The van der Waals surface area contributed by atoms with Crippen LogP contribution in [0.25, 0.3) is 16.6 Å². The van der Waals surface area contributed by atoms with Gasteiger partial charge in [0.05, 0.1) is 22.3 Å². The number of thioether (sulfide) groups is 1. The molecule has 0 atom stereocenters. The van der Waals surface area contributed by atoms with Gasteiger partial charge in [0.15, 0.2) is 5.17 Å². The molecule has 0 amide bonds. The van der Waals surface area contributed by atoms with Crippen LogP contribution in [-0.4, -0.2) is 28.8 Å². The van der Waals surface area contributed by atoms with Gasteiger partial charge in [-0.2, -0.15) is 0 Å². The molecule has 2 aromatic carbocycles. The summed E-state index contributed by atoms with van der Waals surface area (Å²) in [6, 6.07) is 17.0. The molecule has 3 aromatic rings. The standard InChI is InChI=1S/C18H18N4OS/c1-19-18(20-2)24-12-16-21-15-11-7-6-10-14(15)17(23)22(16)13-8-4-3-5-9-13/h3-11H,12H2,1-2H3,(H,19,20). The number of nitrogens with one attached hydrogen (secondary N) is 1. The molecule has 0 saturated carbocycles. The second-order valence-electron chi connectivity index (χ2n) is 5.09. The van der Waals surface area contributed by atoms with Crippen molar-refractivity contribution in [2.75, 3.05) is 14.1 Å². The van der Waals surface area contributed by atoms with E-state index in [4.69, 9.17) is 4.98 Å². The number of aromatic nitrogens is 2. The first-order valence-corrected chi connectivity index (χ1v) is 8.56. The zero-order valence-corrected chi connectivity index (χ0v) is 14.4. The van der Waals surface area contributed by atoms with Gasteiger partial charge in [0.25, 0.3) is 5.56 Å². The minimum atomic E-state index is -0.0538. The Kier molecular flexibility index (Phi) is 4.96. The Labute approximate surface area is 144 Å². The lowest BCUT2D eigenvalue weighted by Gasteiger charge is -2.13. The van der Waals surface area contributed by atoms with E-state index >= 15 is 0 Å². The topological polar surface area (TPSA) is 59.3 Å². The Hall–Kier alpha value is -2.60. The number of aliphatic imine (C=N–C) groups is 1. The number of hydrogen-bond acceptors (Lipinski definition) is 4. The Morgan fingerprint density at radius 1 is 1.17 bits per heavy atom. The molecule has 0 aliphatic rings. The van der Waals surface area contributed by atoms with Crippen molar-refractivity contribution in [2.24, 2.45) is 4.99 Å². The van der Waals surface area contributed by atoms with Crippen molar-refractivity contribution in [1.29, 1.82) is 0 Å². The minimum absolute atomic E-state index is 0.0538. The van der Waals surface area contributed by atoms with E-state index < -0.39 is 0 Å². The smallest absolute Gasteiger partial charge is 0.265 e. The van der Waals surface area contributed by atoms with E-state index in [9.17, 15) is 4.79 Å². The van der Waals surface area contributed by atoms with Crippen molar-refractivity contribution in [1.82, 2.24) is 14.9 Å². The van der Waals surface area contributed by atoms with Gasteiger partial charge in [0.2, 0.25) is 0 Å². The zero-order chi connectivity index (χ0) is 16.9. The molecule has 24 heavy (non-hydrogen) atoms. The molecular formula is C18H18N4OS. The van der Waals surface area contributed by atoms with Gasteiger partial charge in [0, 0.05) is 14.1 Å². The molecule has 122 valence electrons. The van der Waals surface area contributed by atoms with Crippen LogP contribution >= 0.6 is 11.8 Å². The summed E-state index contributed by atoms with van der Waals surface area (Å²) in [6.07, 6.45) is 0. The summed E-state index contributed by atoms with van der Waals surface area (Å²) in [7, 11) is 3.56. The maximum atomic E-state index is 13.0. The van der Waals surface area contributed by atoms with Crippen LogP contribution in [0.5, 0.6) is 0 Å². The molecule has 0 aliphatic carbocycles. The largest absolute Gasteiger partial charge is 0.368 e. The molecule has 1 N–H and O–H groups in total. The average molecular weight is 338 g/mol. The van der Waals surface area contributed by atoms with Gasteiger partial charge >= 0.3 is 0 Å². The fourth-order valence-electron chi connectivity index (χ4n) is 2.50. The molecule has 0 bridgehead atoms. The van der Waals surface area contributed by atoms with Crippen molar-refractivity contribution in [3.8, 4) is 5.69 Å². The SMILES string of the molecule is CN=C(NC)SCc1nc2ccccc2c(=O)n1-c1ccccc1. The number of benzene rings is 2. The highest BCUT2D eigenvalue weighted by Crippen LogP contribution is 2.17. The van der Waals surface area contributed by atoms with E-state index in [-0.39, 0.29) is 5.56 Å². The number of rotatable bonds is 3. The summed E-state index contributed by atoms with van der Waals surface area (Å²) >= 11 is 1.52. The van der Waals surface area contributed by atoms with Gasteiger partial charge < -0.3 is 5.32 Å². The summed E-state index contributed by atoms with van der Waals surface area (Å²) in [4.78, 5) is 21.9. The first kappa shape index (κ1) is 16.3. The summed E-state index contributed by atoms with van der Waals surface area (Å²) in [6.45, 7) is 0. The maximum Gasteiger partial charge on any atom is 0.265 e. The van der Waals surface area contributed by atoms with Gasteiger partial charge in [-0.1, -0.05) is 42.1 Å². The molecule has 0 spiro atoms. The second kappa shape index (κ2) is 7.31. The van der Waals surface area contributed by atoms with Gasteiger partial charge in [-0.15, -0.1) is 0 Å². The lowest BCUT2D eigenvalue weighted by Crippen LogP contribution is -2.24. The molecule has 3 rings (SSSR count). The van der Waals surface area contributed by atoms with Crippen molar-refractivity contribution < 1.29 is 0 Å². The Morgan fingerprint density at radius 2 is 1.88 bits per heavy atom. The quantitative estimate of drug-likeness (QED) is 0.589. The third kappa shape index (κ3) is 3.19.